The van der Waals surface area contributed by atoms with E-state index in [1.807, 2.05) is 13.8 Å². The summed E-state index contributed by atoms with van der Waals surface area (Å²) in [5.41, 5.74) is 3.41. The first-order valence-electron chi connectivity index (χ1n) is 20.0. The van der Waals surface area contributed by atoms with E-state index in [1.54, 1.807) is 48.5 Å². The third-order valence-corrected chi connectivity index (χ3v) is 9.01. The van der Waals surface area contributed by atoms with Gasteiger partial charge in [0.15, 0.2) is 0 Å². The highest BCUT2D eigenvalue weighted by Crippen LogP contribution is 2.30. The third kappa shape index (κ3) is 16.3. The first-order chi connectivity index (χ1) is 29.9. The maximum absolute atomic E-state index is 12.8. The van der Waals surface area contributed by atoms with Crippen molar-refractivity contribution in [1.29, 1.82) is 0 Å². The largest absolute Gasteiger partial charge is 0.573 e. The van der Waals surface area contributed by atoms with E-state index in [-0.39, 0.29) is 17.6 Å². The van der Waals surface area contributed by atoms with Gasteiger partial charge in [-0.15, -0.1) is 13.2 Å². The summed E-state index contributed by atoms with van der Waals surface area (Å²) < 4.78 is 79.8. The Balaban J connectivity index is 0.800. The van der Waals surface area contributed by atoms with Crippen molar-refractivity contribution in [3.63, 3.8) is 0 Å². The Bertz CT molecular complexity index is 2010. The maximum atomic E-state index is 12.8. The average molecular weight is 870 g/mol. The van der Waals surface area contributed by atoms with Crippen molar-refractivity contribution in [2.24, 2.45) is 0 Å². The number of fused-ring (bicyclic) bond motifs is 1. The molecular weight excluding hydrogens is 818 g/mol. The minimum atomic E-state index is -4.78. The molecule has 0 atom stereocenters. The summed E-state index contributed by atoms with van der Waals surface area (Å²) in [4.78, 5) is 33.7. The molecular formula is C42H51BF3N5O11. The molecule has 2 heterocycles. The second-order valence-electron chi connectivity index (χ2n) is 14.0. The van der Waals surface area contributed by atoms with E-state index in [9.17, 15) is 27.8 Å². The molecule has 0 bridgehead atoms. The Morgan fingerprint density at radius 1 is 0.694 bits per heavy atom. The van der Waals surface area contributed by atoms with E-state index in [0.29, 0.717) is 132 Å². The van der Waals surface area contributed by atoms with Gasteiger partial charge in [0.1, 0.15) is 17.9 Å². The number of nitrogens with one attached hydrogen (secondary N) is 3. The lowest BCUT2D eigenvalue weighted by atomic mass is 9.78. The lowest BCUT2D eigenvalue weighted by Crippen LogP contribution is -2.30. The van der Waals surface area contributed by atoms with Crippen molar-refractivity contribution in [1.82, 2.24) is 20.6 Å². The van der Waals surface area contributed by atoms with E-state index in [0.717, 1.165) is 5.56 Å². The lowest BCUT2D eigenvalue weighted by molar-refractivity contribution is -0.274. The number of ether oxygens (including phenoxy) is 7. The molecule has 0 unspecified atom stereocenters. The molecule has 0 fully saturated rings. The van der Waals surface area contributed by atoms with Gasteiger partial charge in [0.05, 0.1) is 90.6 Å². The molecule has 5 rings (SSSR count). The molecule has 20 heteroatoms. The van der Waals surface area contributed by atoms with Crippen molar-refractivity contribution in [3.05, 3.63) is 95.8 Å². The number of alkyl halides is 3. The zero-order chi connectivity index (χ0) is 44.2. The number of halogens is 3. The standard InChI is InChI=1S/C42H51BF3N5O11/c1-41(2)35-27-32(6-11-36(35)43(54)62-41)40(53)48-13-15-56-17-19-58-21-23-60-25-24-59-22-20-57-18-16-55-14-12-47-39(52)31-5-3-4-30(26-31)37-28-38(50-29-49-37)51-33-7-9-34(10-8-33)61-42(44,45)46/h3-11,26-29,54H,12-25H2,1-2H3,(H,47,52)(H,48,53)(H,49,50,51). The summed E-state index contributed by atoms with van der Waals surface area (Å²) >= 11 is 0. The predicted octanol–water partition coefficient (Wildman–Crippen LogP) is 4.00. The molecule has 0 spiro atoms. The summed E-state index contributed by atoms with van der Waals surface area (Å²) in [6.07, 6.45) is -3.44. The van der Waals surface area contributed by atoms with Crippen molar-refractivity contribution in [2.75, 3.05) is 97.7 Å². The van der Waals surface area contributed by atoms with Gasteiger partial charge >= 0.3 is 13.5 Å². The van der Waals surface area contributed by atoms with Crippen LogP contribution in [0.4, 0.5) is 24.7 Å². The number of nitrogens with zero attached hydrogens (tertiary/aromatic N) is 2. The minimum Gasteiger partial charge on any atom is -0.423 e. The average Bonchev–Trinajstić information content (AvgIpc) is 3.49. The highest BCUT2D eigenvalue weighted by Gasteiger charge is 2.40. The predicted molar refractivity (Wildman–Crippen MR) is 222 cm³/mol. The molecule has 0 saturated heterocycles. The number of hydrogen-bond donors (Lipinski definition) is 4. The Kier molecular flexibility index (Phi) is 18.9. The van der Waals surface area contributed by atoms with Crippen LogP contribution in [0.1, 0.15) is 40.1 Å². The monoisotopic (exact) mass is 869 g/mol. The normalized spacial score (nSPS) is 13.2. The molecule has 1 aliphatic rings. The fraction of sp³-hybridized carbons (Fsp3) is 0.429. The number of rotatable bonds is 27. The van der Waals surface area contributed by atoms with Gasteiger partial charge in [0, 0.05) is 41.5 Å². The highest BCUT2D eigenvalue weighted by atomic mass is 19.4. The van der Waals surface area contributed by atoms with Crippen LogP contribution >= 0.6 is 0 Å². The Morgan fingerprint density at radius 2 is 1.23 bits per heavy atom. The van der Waals surface area contributed by atoms with Gasteiger partial charge < -0.3 is 58.8 Å². The van der Waals surface area contributed by atoms with E-state index in [1.165, 1.54) is 30.6 Å². The zero-order valence-electron chi connectivity index (χ0n) is 34.5. The zero-order valence-corrected chi connectivity index (χ0v) is 34.5. The van der Waals surface area contributed by atoms with Gasteiger partial charge in [-0.25, -0.2) is 9.97 Å². The minimum absolute atomic E-state index is 0.225. The summed E-state index contributed by atoms with van der Waals surface area (Å²) in [6.45, 7) is 8.94. The van der Waals surface area contributed by atoms with Gasteiger partial charge in [-0.1, -0.05) is 18.2 Å². The number of anilines is 2. The highest BCUT2D eigenvalue weighted by molar-refractivity contribution is 6.62. The van der Waals surface area contributed by atoms with E-state index in [2.05, 4.69) is 30.7 Å². The third-order valence-electron chi connectivity index (χ3n) is 9.01. The molecule has 0 saturated carbocycles. The molecule has 0 aliphatic carbocycles. The van der Waals surface area contributed by atoms with Crippen LogP contribution < -0.4 is 26.2 Å². The van der Waals surface area contributed by atoms with Crippen molar-refractivity contribution < 1.29 is 65.6 Å². The van der Waals surface area contributed by atoms with Crippen LogP contribution in [0.15, 0.2) is 79.1 Å². The summed E-state index contributed by atoms with van der Waals surface area (Å²) in [7, 11) is -0.989. The Morgan fingerprint density at radius 3 is 1.77 bits per heavy atom. The van der Waals surface area contributed by atoms with Crippen molar-refractivity contribution in [2.45, 2.75) is 25.8 Å². The summed E-state index contributed by atoms with van der Waals surface area (Å²) in [5.74, 6) is -0.444. The molecule has 4 N–H and O–H groups in total. The van der Waals surface area contributed by atoms with Crippen LogP contribution in [-0.2, 0) is 38.7 Å². The molecule has 1 aliphatic heterocycles. The second-order valence-corrected chi connectivity index (χ2v) is 14.0. The van der Waals surface area contributed by atoms with Crippen LogP contribution in [0.25, 0.3) is 11.3 Å². The molecule has 16 nitrogen and oxygen atoms in total. The number of carbonyl (C=O) groups is 2. The number of carbonyl (C=O) groups excluding carboxylic acids is 2. The van der Waals surface area contributed by atoms with Gasteiger partial charge in [0.2, 0.25) is 0 Å². The Labute approximate surface area is 357 Å². The molecule has 4 aromatic rings. The van der Waals surface area contributed by atoms with Crippen molar-refractivity contribution in [3.8, 4) is 17.0 Å². The first kappa shape index (κ1) is 47.9. The number of benzene rings is 3. The Hall–Kier alpha value is -5.19. The van der Waals surface area contributed by atoms with E-state index in [4.69, 9.17) is 33.1 Å². The molecule has 0 radical (unpaired) electrons. The quantitative estimate of drug-likeness (QED) is 0.0497. The maximum Gasteiger partial charge on any atom is 0.573 e. The fourth-order valence-corrected chi connectivity index (χ4v) is 6.01. The van der Waals surface area contributed by atoms with Crippen LogP contribution in [0.5, 0.6) is 5.75 Å². The molecule has 2 amide bonds. The smallest absolute Gasteiger partial charge is 0.423 e. The molecule has 1 aromatic heterocycles. The van der Waals surface area contributed by atoms with Crippen molar-refractivity contribution >= 4 is 35.9 Å². The second kappa shape index (κ2) is 24.5. The molecule has 334 valence electrons. The van der Waals surface area contributed by atoms with Crippen LogP contribution in [0, 0.1) is 0 Å². The van der Waals surface area contributed by atoms with E-state index >= 15 is 0 Å². The van der Waals surface area contributed by atoms with Gasteiger partial charge in [-0.05, 0) is 73.4 Å². The van der Waals surface area contributed by atoms with Gasteiger partial charge in [-0.3, -0.25) is 9.59 Å². The van der Waals surface area contributed by atoms with Gasteiger partial charge in [0.25, 0.3) is 11.8 Å². The van der Waals surface area contributed by atoms with Crippen LogP contribution in [0.3, 0.4) is 0 Å². The first-order valence-corrected chi connectivity index (χ1v) is 20.0. The van der Waals surface area contributed by atoms with Crippen LogP contribution in [0.2, 0.25) is 0 Å². The number of hydrogen-bond acceptors (Lipinski definition) is 14. The topological polar surface area (TPSA) is 190 Å². The van der Waals surface area contributed by atoms with Gasteiger partial charge in [-0.2, -0.15) is 0 Å². The fourth-order valence-electron chi connectivity index (χ4n) is 6.01. The number of aromatic nitrogens is 2. The molecule has 3 aromatic carbocycles. The molecule has 62 heavy (non-hydrogen) atoms. The SMILES string of the molecule is CC1(C)OB(O)c2ccc(C(=O)NCCOCCOCCOCCOCCOCCOCCNC(=O)c3cccc(-c4cc(Nc5ccc(OC(F)(F)F)cc5)ncn4)c3)cc21. The summed E-state index contributed by atoms with van der Waals surface area (Å²) in [5, 5.41) is 18.7. The van der Waals surface area contributed by atoms with E-state index < -0.39 is 19.1 Å². The number of amides is 2. The van der Waals surface area contributed by atoms with Crippen LogP contribution in [-0.4, -0.2) is 133 Å². The summed E-state index contributed by atoms with van der Waals surface area (Å²) in [6, 6.07) is 18.9. The lowest BCUT2D eigenvalue weighted by Gasteiger charge is -2.20.